The Labute approximate surface area is 134 Å². The van der Waals surface area contributed by atoms with Gasteiger partial charge in [0.1, 0.15) is 0 Å². The zero-order valence-electron chi connectivity index (χ0n) is 11.2. The molecule has 1 nitrogen and oxygen atoms in total. The van der Waals surface area contributed by atoms with Gasteiger partial charge in [-0.3, -0.25) is 0 Å². The van der Waals surface area contributed by atoms with E-state index in [1.807, 2.05) is 37.4 Å². The highest BCUT2D eigenvalue weighted by Gasteiger charge is 2.15. The molecule has 0 saturated carbocycles. The number of rotatable bonds is 5. The number of hydrogen-bond donors (Lipinski definition) is 1. The number of hydrogen-bond acceptors (Lipinski definition) is 1. The second-order valence-corrected chi connectivity index (χ2v) is 5.95. The maximum atomic E-state index is 6.28. The molecular weight excluding hydrogens is 313 g/mol. The molecule has 106 valence electrons. The van der Waals surface area contributed by atoms with Gasteiger partial charge >= 0.3 is 0 Å². The van der Waals surface area contributed by atoms with Crippen LogP contribution in [0.3, 0.4) is 0 Å². The van der Waals surface area contributed by atoms with Crippen LogP contribution in [0.5, 0.6) is 0 Å². The molecule has 0 saturated heterocycles. The summed E-state index contributed by atoms with van der Waals surface area (Å²) in [6.07, 6.45) is 0.820. The molecule has 0 radical (unpaired) electrons. The molecule has 2 aromatic rings. The smallest absolute Gasteiger partial charge is 0.0624 e. The molecule has 0 aliphatic carbocycles. The first-order valence-corrected chi connectivity index (χ1v) is 7.58. The predicted octanol–water partition coefficient (Wildman–Crippen LogP) is 5.19. The van der Waals surface area contributed by atoms with Gasteiger partial charge in [0.2, 0.25) is 0 Å². The van der Waals surface area contributed by atoms with E-state index < -0.39 is 0 Å². The fourth-order valence-electron chi connectivity index (χ4n) is 2.29. The molecular formula is C16H16Cl3N. The van der Waals surface area contributed by atoms with Crippen molar-refractivity contribution in [2.24, 2.45) is 0 Å². The van der Waals surface area contributed by atoms with Crippen molar-refractivity contribution >= 4 is 34.8 Å². The van der Waals surface area contributed by atoms with Crippen molar-refractivity contribution in [3.05, 3.63) is 68.7 Å². The normalized spacial score (nSPS) is 12.4. The van der Waals surface area contributed by atoms with Crippen LogP contribution < -0.4 is 5.32 Å². The van der Waals surface area contributed by atoms with Crippen molar-refractivity contribution in [3.63, 3.8) is 0 Å². The number of likely N-dealkylation sites (N-methyl/N-ethyl adjacent to an activating group) is 1. The lowest BCUT2D eigenvalue weighted by Gasteiger charge is -2.18. The van der Waals surface area contributed by atoms with E-state index in [1.165, 1.54) is 5.56 Å². The number of halogens is 3. The highest BCUT2D eigenvalue weighted by molar-refractivity contribution is 6.42. The molecule has 0 spiro atoms. The lowest BCUT2D eigenvalue weighted by Crippen LogP contribution is -2.19. The van der Waals surface area contributed by atoms with E-state index in [0.717, 1.165) is 23.6 Å². The monoisotopic (exact) mass is 327 g/mol. The van der Waals surface area contributed by atoms with Crippen LogP contribution in [0, 0.1) is 0 Å². The van der Waals surface area contributed by atoms with Crippen LogP contribution in [-0.2, 0) is 6.42 Å². The largest absolute Gasteiger partial charge is 0.319 e. The molecule has 0 fully saturated rings. The Bertz CT molecular complexity index is 584. The van der Waals surface area contributed by atoms with E-state index in [-0.39, 0.29) is 0 Å². The van der Waals surface area contributed by atoms with Gasteiger partial charge in [0.25, 0.3) is 0 Å². The molecule has 0 bridgehead atoms. The molecule has 0 amide bonds. The maximum absolute atomic E-state index is 6.28. The summed E-state index contributed by atoms with van der Waals surface area (Å²) in [5.41, 5.74) is 2.25. The molecule has 0 heterocycles. The Morgan fingerprint density at radius 3 is 2.50 bits per heavy atom. The van der Waals surface area contributed by atoms with Gasteiger partial charge in [-0.1, -0.05) is 59.1 Å². The lowest BCUT2D eigenvalue weighted by atomic mass is 9.92. The Morgan fingerprint density at radius 1 is 1.05 bits per heavy atom. The fourth-order valence-corrected chi connectivity index (χ4v) is 2.88. The summed E-state index contributed by atoms with van der Waals surface area (Å²) < 4.78 is 0. The van der Waals surface area contributed by atoms with E-state index in [0.29, 0.717) is 16.0 Å². The highest BCUT2D eigenvalue weighted by atomic mass is 35.5. The van der Waals surface area contributed by atoms with Gasteiger partial charge in [-0.25, -0.2) is 0 Å². The van der Waals surface area contributed by atoms with Gasteiger partial charge in [0, 0.05) is 17.5 Å². The first kappa shape index (κ1) is 15.7. The van der Waals surface area contributed by atoms with Crippen LogP contribution in [0.1, 0.15) is 17.0 Å². The summed E-state index contributed by atoms with van der Waals surface area (Å²) in [6, 6.07) is 13.7. The van der Waals surface area contributed by atoms with Gasteiger partial charge < -0.3 is 5.32 Å². The Kier molecular flexibility index (Phi) is 5.74. The van der Waals surface area contributed by atoms with Crippen molar-refractivity contribution in [2.75, 3.05) is 13.6 Å². The zero-order valence-corrected chi connectivity index (χ0v) is 13.4. The van der Waals surface area contributed by atoms with E-state index in [2.05, 4.69) is 11.4 Å². The van der Waals surface area contributed by atoms with Crippen LogP contribution >= 0.6 is 34.8 Å². The van der Waals surface area contributed by atoms with Gasteiger partial charge in [-0.2, -0.15) is 0 Å². The summed E-state index contributed by atoms with van der Waals surface area (Å²) in [5, 5.41) is 5.20. The summed E-state index contributed by atoms with van der Waals surface area (Å²) in [7, 11) is 1.94. The van der Waals surface area contributed by atoms with Crippen LogP contribution in [0.4, 0.5) is 0 Å². The lowest BCUT2D eigenvalue weighted by molar-refractivity contribution is 0.626. The minimum absolute atomic E-state index is 0.301. The van der Waals surface area contributed by atoms with E-state index in [4.69, 9.17) is 34.8 Å². The third-order valence-corrected chi connectivity index (χ3v) is 4.36. The Hall–Kier alpha value is -0.730. The summed E-state index contributed by atoms with van der Waals surface area (Å²) in [6.45, 7) is 0.850. The first-order chi connectivity index (χ1) is 9.61. The average molecular weight is 329 g/mol. The molecule has 2 rings (SSSR count). The zero-order chi connectivity index (χ0) is 14.5. The molecule has 0 aliphatic heterocycles. The summed E-state index contributed by atoms with van der Waals surface area (Å²) in [4.78, 5) is 0. The van der Waals surface area contributed by atoms with Crippen molar-refractivity contribution in [1.29, 1.82) is 0 Å². The van der Waals surface area contributed by atoms with Crippen molar-refractivity contribution in [1.82, 2.24) is 5.32 Å². The Balaban J connectivity index is 2.28. The minimum atomic E-state index is 0.301. The van der Waals surface area contributed by atoms with E-state index in [1.54, 1.807) is 6.07 Å². The molecule has 20 heavy (non-hydrogen) atoms. The Morgan fingerprint density at radius 2 is 1.80 bits per heavy atom. The standard InChI is InChI=1S/C16H16Cl3N/c1-20-10-13(11-4-2-6-14(17)9-11)8-12-5-3-7-15(18)16(12)19/h2-7,9,13,20H,8,10H2,1H3. The van der Waals surface area contributed by atoms with Crippen LogP contribution in [0.25, 0.3) is 0 Å². The van der Waals surface area contributed by atoms with Gasteiger partial charge in [0.05, 0.1) is 10.0 Å². The SMILES string of the molecule is CNCC(Cc1cccc(Cl)c1Cl)c1cccc(Cl)c1. The van der Waals surface area contributed by atoms with Crippen molar-refractivity contribution < 1.29 is 0 Å². The van der Waals surface area contributed by atoms with E-state index >= 15 is 0 Å². The third kappa shape index (κ3) is 3.89. The average Bonchev–Trinajstić information content (AvgIpc) is 2.43. The second kappa shape index (κ2) is 7.33. The highest BCUT2D eigenvalue weighted by Crippen LogP contribution is 2.30. The van der Waals surface area contributed by atoms with Gasteiger partial charge in [-0.15, -0.1) is 0 Å². The van der Waals surface area contributed by atoms with Gasteiger partial charge in [0.15, 0.2) is 0 Å². The van der Waals surface area contributed by atoms with Crippen LogP contribution in [0.15, 0.2) is 42.5 Å². The maximum Gasteiger partial charge on any atom is 0.0624 e. The molecule has 1 unspecified atom stereocenters. The topological polar surface area (TPSA) is 12.0 Å². The quantitative estimate of drug-likeness (QED) is 0.796. The molecule has 4 heteroatoms. The molecule has 0 aliphatic rings. The van der Waals surface area contributed by atoms with E-state index in [9.17, 15) is 0 Å². The second-order valence-electron chi connectivity index (χ2n) is 4.73. The van der Waals surface area contributed by atoms with Gasteiger partial charge in [-0.05, 0) is 42.8 Å². The summed E-state index contributed by atoms with van der Waals surface area (Å²) in [5.74, 6) is 0.301. The van der Waals surface area contributed by atoms with Crippen LogP contribution in [-0.4, -0.2) is 13.6 Å². The number of benzene rings is 2. The van der Waals surface area contributed by atoms with Crippen molar-refractivity contribution in [2.45, 2.75) is 12.3 Å². The molecule has 2 aromatic carbocycles. The third-order valence-electron chi connectivity index (χ3n) is 3.27. The minimum Gasteiger partial charge on any atom is -0.319 e. The molecule has 1 N–H and O–H groups in total. The predicted molar refractivity (Wildman–Crippen MR) is 88.3 cm³/mol. The first-order valence-electron chi connectivity index (χ1n) is 6.44. The molecule has 1 atom stereocenters. The fraction of sp³-hybridized carbons (Fsp3) is 0.250. The summed E-state index contributed by atoms with van der Waals surface area (Å²) >= 11 is 18.4. The van der Waals surface area contributed by atoms with Crippen LogP contribution in [0.2, 0.25) is 15.1 Å². The van der Waals surface area contributed by atoms with Crippen molar-refractivity contribution in [3.8, 4) is 0 Å². The number of nitrogens with one attached hydrogen (secondary N) is 1. The molecule has 0 aromatic heterocycles.